The predicted octanol–water partition coefficient (Wildman–Crippen LogP) is 2.47. The van der Waals surface area contributed by atoms with Gasteiger partial charge in [-0.05, 0) is 13.0 Å². The smallest absolute Gasteiger partial charge is 0.106 e. The molecule has 0 aliphatic rings. The molecule has 2 aromatic heterocycles. The van der Waals surface area contributed by atoms with Crippen LogP contribution in [0.15, 0.2) is 18.5 Å². The third-order valence-corrected chi connectivity index (χ3v) is 2.40. The number of hydrogen-bond acceptors (Lipinski definition) is 3. The first-order valence-corrected chi connectivity index (χ1v) is 5.32. The molecule has 2 aromatic rings. The van der Waals surface area contributed by atoms with E-state index in [1.807, 2.05) is 13.0 Å². The number of H-pyrrole nitrogens is 1. The summed E-state index contributed by atoms with van der Waals surface area (Å²) < 4.78 is 0. The summed E-state index contributed by atoms with van der Waals surface area (Å²) in [6, 6.07) is 2.03. The monoisotopic (exact) mass is 216 g/mol. The van der Waals surface area contributed by atoms with E-state index in [4.69, 9.17) is 0 Å². The van der Waals surface area contributed by atoms with Crippen LogP contribution < -0.4 is 0 Å². The Bertz CT molecular complexity index is 476. The Hall–Kier alpha value is -1.71. The Morgan fingerprint density at radius 1 is 1.12 bits per heavy atom. The van der Waals surface area contributed by atoms with E-state index in [9.17, 15) is 0 Å². The van der Waals surface area contributed by atoms with E-state index in [2.05, 4.69) is 40.9 Å². The molecule has 0 unspecified atom stereocenters. The molecule has 4 heteroatoms. The second-order valence-electron chi connectivity index (χ2n) is 4.96. The van der Waals surface area contributed by atoms with Gasteiger partial charge in [0.05, 0.1) is 23.3 Å². The van der Waals surface area contributed by atoms with Crippen molar-refractivity contribution in [1.82, 2.24) is 20.2 Å². The van der Waals surface area contributed by atoms with Crippen LogP contribution in [0.25, 0.3) is 11.4 Å². The average Bonchev–Trinajstić information content (AvgIpc) is 2.67. The van der Waals surface area contributed by atoms with Gasteiger partial charge in [0.25, 0.3) is 0 Å². The molecule has 0 amide bonds. The van der Waals surface area contributed by atoms with Crippen molar-refractivity contribution in [2.24, 2.45) is 0 Å². The molecule has 16 heavy (non-hydrogen) atoms. The molecule has 2 heterocycles. The average molecular weight is 216 g/mol. The Kier molecular flexibility index (Phi) is 2.50. The lowest BCUT2D eigenvalue weighted by Gasteiger charge is -2.13. The summed E-state index contributed by atoms with van der Waals surface area (Å²) in [5.74, 6) is 0. The quantitative estimate of drug-likeness (QED) is 0.796. The van der Waals surface area contributed by atoms with E-state index in [1.165, 1.54) is 0 Å². The molecule has 0 aromatic carbocycles. The summed E-state index contributed by atoms with van der Waals surface area (Å²) in [5.41, 5.74) is 3.74. The lowest BCUT2D eigenvalue weighted by Crippen LogP contribution is -2.11. The van der Waals surface area contributed by atoms with Gasteiger partial charge in [-0.3, -0.25) is 15.1 Å². The van der Waals surface area contributed by atoms with Crippen LogP contribution in [-0.2, 0) is 5.41 Å². The lowest BCUT2D eigenvalue weighted by molar-refractivity contribution is 0.567. The highest BCUT2D eigenvalue weighted by Gasteiger charge is 2.18. The molecule has 0 atom stereocenters. The van der Waals surface area contributed by atoms with Gasteiger partial charge in [-0.1, -0.05) is 20.8 Å². The summed E-state index contributed by atoms with van der Waals surface area (Å²) in [6.07, 6.45) is 3.52. The highest BCUT2D eigenvalue weighted by molar-refractivity contribution is 5.53. The van der Waals surface area contributed by atoms with E-state index in [0.29, 0.717) is 0 Å². The van der Waals surface area contributed by atoms with Crippen LogP contribution in [0.2, 0.25) is 0 Å². The van der Waals surface area contributed by atoms with Crippen LogP contribution in [-0.4, -0.2) is 20.2 Å². The SMILES string of the molecule is Cc1cnc(-c2cc(C(C)(C)C)n[nH]2)cn1. The van der Waals surface area contributed by atoms with Crippen molar-refractivity contribution >= 4 is 0 Å². The molecule has 0 radical (unpaired) electrons. The Balaban J connectivity index is 2.35. The fraction of sp³-hybridized carbons (Fsp3) is 0.417. The van der Waals surface area contributed by atoms with Crippen LogP contribution in [0.1, 0.15) is 32.2 Å². The minimum atomic E-state index is 0.0485. The van der Waals surface area contributed by atoms with E-state index in [-0.39, 0.29) is 5.41 Å². The van der Waals surface area contributed by atoms with Gasteiger partial charge in [-0.25, -0.2) is 0 Å². The second-order valence-corrected chi connectivity index (χ2v) is 4.96. The highest BCUT2D eigenvalue weighted by Crippen LogP contribution is 2.23. The number of rotatable bonds is 1. The van der Waals surface area contributed by atoms with Crippen molar-refractivity contribution in [2.75, 3.05) is 0 Å². The molecule has 4 nitrogen and oxygen atoms in total. The molecular formula is C12H16N4. The van der Waals surface area contributed by atoms with Gasteiger partial charge in [0.1, 0.15) is 5.69 Å². The third kappa shape index (κ3) is 2.10. The number of hydrogen-bond donors (Lipinski definition) is 1. The molecule has 0 spiro atoms. The summed E-state index contributed by atoms with van der Waals surface area (Å²) >= 11 is 0. The molecule has 0 bridgehead atoms. The van der Waals surface area contributed by atoms with E-state index in [1.54, 1.807) is 12.4 Å². The molecule has 2 rings (SSSR count). The zero-order valence-corrected chi connectivity index (χ0v) is 10.1. The number of aromatic nitrogens is 4. The van der Waals surface area contributed by atoms with E-state index < -0.39 is 0 Å². The normalized spacial score (nSPS) is 11.8. The molecule has 0 fully saturated rings. The first-order valence-electron chi connectivity index (χ1n) is 5.32. The maximum atomic E-state index is 4.31. The fourth-order valence-electron chi connectivity index (χ4n) is 1.37. The second kappa shape index (κ2) is 3.70. The van der Waals surface area contributed by atoms with Gasteiger partial charge in [0, 0.05) is 11.6 Å². The third-order valence-electron chi connectivity index (χ3n) is 2.40. The van der Waals surface area contributed by atoms with Crippen molar-refractivity contribution in [3.8, 4) is 11.4 Å². The molecule has 0 aliphatic carbocycles. The Labute approximate surface area is 95.1 Å². The van der Waals surface area contributed by atoms with Crippen LogP contribution in [0.4, 0.5) is 0 Å². The van der Waals surface area contributed by atoms with Gasteiger partial charge < -0.3 is 0 Å². The number of nitrogens with zero attached hydrogens (tertiary/aromatic N) is 3. The maximum Gasteiger partial charge on any atom is 0.106 e. The van der Waals surface area contributed by atoms with Gasteiger partial charge >= 0.3 is 0 Å². The Morgan fingerprint density at radius 3 is 2.38 bits per heavy atom. The topological polar surface area (TPSA) is 54.5 Å². The molecule has 0 saturated carbocycles. The molecule has 0 saturated heterocycles. The minimum Gasteiger partial charge on any atom is -0.276 e. The van der Waals surface area contributed by atoms with Crippen molar-refractivity contribution in [2.45, 2.75) is 33.1 Å². The molecule has 0 aliphatic heterocycles. The number of nitrogens with one attached hydrogen (secondary N) is 1. The van der Waals surface area contributed by atoms with Crippen LogP contribution in [0.5, 0.6) is 0 Å². The number of aryl methyl sites for hydroxylation is 1. The van der Waals surface area contributed by atoms with E-state index in [0.717, 1.165) is 22.8 Å². The van der Waals surface area contributed by atoms with Crippen LogP contribution >= 0.6 is 0 Å². The summed E-state index contributed by atoms with van der Waals surface area (Å²) in [4.78, 5) is 8.53. The summed E-state index contributed by atoms with van der Waals surface area (Å²) in [7, 11) is 0. The first kappa shape index (κ1) is 10.8. The van der Waals surface area contributed by atoms with Gasteiger partial charge in [0.2, 0.25) is 0 Å². The van der Waals surface area contributed by atoms with Crippen molar-refractivity contribution in [3.63, 3.8) is 0 Å². The molecular weight excluding hydrogens is 200 g/mol. The zero-order valence-electron chi connectivity index (χ0n) is 10.1. The van der Waals surface area contributed by atoms with Crippen LogP contribution in [0.3, 0.4) is 0 Å². The van der Waals surface area contributed by atoms with Crippen molar-refractivity contribution < 1.29 is 0 Å². The summed E-state index contributed by atoms with van der Waals surface area (Å²) in [6.45, 7) is 8.32. The zero-order chi connectivity index (χ0) is 11.8. The largest absolute Gasteiger partial charge is 0.276 e. The lowest BCUT2D eigenvalue weighted by atomic mass is 9.92. The predicted molar refractivity (Wildman–Crippen MR) is 63.1 cm³/mol. The first-order chi connectivity index (χ1) is 7.47. The minimum absolute atomic E-state index is 0.0485. The molecule has 84 valence electrons. The van der Waals surface area contributed by atoms with Crippen molar-refractivity contribution in [3.05, 3.63) is 29.8 Å². The maximum absolute atomic E-state index is 4.31. The fourth-order valence-corrected chi connectivity index (χ4v) is 1.37. The van der Waals surface area contributed by atoms with E-state index >= 15 is 0 Å². The highest BCUT2D eigenvalue weighted by atomic mass is 15.1. The summed E-state index contributed by atoms with van der Waals surface area (Å²) in [5, 5.41) is 7.29. The molecule has 1 N–H and O–H groups in total. The van der Waals surface area contributed by atoms with Crippen molar-refractivity contribution in [1.29, 1.82) is 0 Å². The Morgan fingerprint density at radius 2 is 1.88 bits per heavy atom. The van der Waals surface area contributed by atoms with Gasteiger partial charge in [-0.2, -0.15) is 5.10 Å². The number of aromatic amines is 1. The van der Waals surface area contributed by atoms with Crippen LogP contribution in [0, 0.1) is 6.92 Å². The van der Waals surface area contributed by atoms with Gasteiger partial charge in [-0.15, -0.1) is 0 Å². The standard InChI is InChI=1S/C12H16N4/c1-8-6-14-10(7-13-8)9-5-11(16-15-9)12(2,3)4/h5-7H,1-4H3,(H,15,16). The van der Waals surface area contributed by atoms with Gasteiger partial charge in [0.15, 0.2) is 0 Å².